The zero-order valence-electron chi connectivity index (χ0n) is 14.7. The van der Waals surface area contributed by atoms with Gasteiger partial charge in [0.2, 0.25) is 0 Å². The number of fused-ring (bicyclic) bond motifs is 1. The van der Waals surface area contributed by atoms with E-state index in [0.29, 0.717) is 29.6 Å². The summed E-state index contributed by atoms with van der Waals surface area (Å²) in [6.07, 6.45) is 2.09. The van der Waals surface area contributed by atoms with E-state index in [9.17, 15) is 13.2 Å². The second-order valence-electron chi connectivity index (χ2n) is 6.52. The molecule has 25 heavy (non-hydrogen) atoms. The average Bonchev–Trinajstić information content (AvgIpc) is 3.03. The van der Waals surface area contributed by atoms with Crippen molar-refractivity contribution in [2.24, 2.45) is 7.05 Å². The number of aryl methyl sites for hydroxylation is 3. The molecular weight excluding hydrogens is 340 g/mol. The van der Waals surface area contributed by atoms with Gasteiger partial charge in [0, 0.05) is 25.3 Å². The molecule has 7 nitrogen and oxygen atoms in total. The van der Waals surface area contributed by atoms with Gasteiger partial charge in [-0.1, -0.05) is 6.08 Å². The molecule has 1 aliphatic rings. The summed E-state index contributed by atoms with van der Waals surface area (Å²) in [5, 5.41) is 5.08. The van der Waals surface area contributed by atoms with Gasteiger partial charge in [-0.05, 0) is 26.3 Å². The lowest BCUT2D eigenvalue weighted by Crippen LogP contribution is -2.41. The summed E-state index contributed by atoms with van der Waals surface area (Å²) in [6, 6.07) is 1.43. The minimum atomic E-state index is -3.09. The summed E-state index contributed by atoms with van der Waals surface area (Å²) in [5.41, 5.74) is 2.61. The lowest BCUT2D eigenvalue weighted by molar-refractivity contribution is 0.0722. The number of amides is 1. The van der Waals surface area contributed by atoms with Crippen LogP contribution in [0.25, 0.3) is 11.0 Å². The number of pyridine rings is 1. The van der Waals surface area contributed by atoms with Gasteiger partial charge in [0.25, 0.3) is 5.91 Å². The number of carbonyl (C=O) groups excluding carboxylic acids is 1. The minimum absolute atomic E-state index is 0.00576. The highest BCUT2D eigenvalue weighted by atomic mass is 32.2. The molecular formula is C17H22N4O3S. The Morgan fingerprint density at radius 3 is 2.80 bits per heavy atom. The van der Waals surface area contributed by atoms with Crippen LogP contribution >= 0.6 is 0 Å². The Morgan fingerprint density at radius 2 is 2.20 bits per heavy atom. The summed E-state index contributed by atoms with van der Waals surface area (Å²) < 4.78 is 25.4. The maximum Gasteiger partial charge on any atom is 0.255 e. The van der Waals surface area contributed by atoms with Crippen LogP contribution in [0.15, 0.2) is 18.7 Å². The zero-order valence-corrected chi connectivity index (χ0v) is 15.5. The number of nitrogens with zero attached hydrogens (tertiary/aromatic N) is 4. The van der Waals surface area contributed by atoms with Crippen molar-refractivity contribution in [3.05, 3.63) is 35.7 Å². The van der Waals surface area contributed by atoms with Crippen LogP contribution in [0.2, 0.25) is 0 Å². The van der Waals surface area contributed by atoms with E-state index in [1.165, 1.54) is 0 Å². The molecule has 0 aromatic carbocycles. The van der Waals surface area contributed by atoms with E-state index in [2.05, 4.69) is 16.7 Å². The van der Waals surface area contributed by atoms with Crippen molar-refractivity contribution >= 4 is 26.8 Å². The van der Waals surface area contributed by atoms with E-state index < -0.39 is 9.84 Å². The van der Waals surface area contributed by atoms with Crippen LogP contribution in [-0.2, 0) is 16.9 Å². The normalized spacial score (nSPS) is 19.2. The second-order valence-corrected chi connectivity index (χ2v) is 8.75. The van der Waals surface area contributed by atoms with Crippen molar-refractivity contribution < 1.29 is 13.2 Å². The van der Waals surface area contributed by atoms with Gasteiger partial charge in [-0.3, -0.25) is 9.48 Å². The van der Waals surface area contributed by atoms with E-state index in [4.69, 9.17) is 0 Å². The number of carbonyl (C=O) groups is 1. The zero-order chi connectivity index (χ0) is 18.4. The largest absolute Gasteiger partial charge is 0.331 e. The highest BCUT2D eigenvalue weighted by molar-refractivity contribution is 7.91. The van der Waals surface area contributed by atoms with Crippen LogP contribution in [-0.4, -0.2) is 58.1 Å². The molecule has 0 N–H and O–H groups in total. The first-order valence-corrected chi connectivity index (χ1v) is 9.99. The maximum absolute atomic E-state index is 13.3. The van der Waals surface area contributed by atoms with Crippen molar-refractivity contribution in [1.82, 2.24) is 19.7 Å². The number of rotatable bonds is 4. The Kier molecular flexibility index (Phi) is 4.40. The van der Waals surface area contributed by atoms with Gasteiger partial charge >= 0.3 is 0 Å². The molecule has 1 aliphatic heterocycles. The third-order valence-electron chi connectivity index (χ3n) is 4.56. The van der Waals surface area contributed by atoms with Gasteiger partial charge in [-0.2, -0.15) is 5.10 Å². The SMILES string of the molecule is C=CCN(C(=O)c1cc(C)nc2c1c(C)nn2C)C1CCS(=O)(=O)C1. The average molecular weight is 362 g/mol. The van der Waals surface area contributed by atoms with Gasteiger partial charge in [0.05, 0.1) is 28.1 Å². The van der Waals surface area contributed by atoms with Crippen molar-refractivity contribution in [2.75, 3.05) is 18.1 Å². The summed E-state index contributed by atoms with van der Waals surface area (Å²) in [7, 11) is -1.29. The first-order valence-electron chi connectivity index (χ1n) is 8.16. The number of hydrogen-bond donors (Lipinski definition) is 0. The quantitative estimate of drug-likeness (QED) is 0.768. The Morgan fingerprint density at radius 1 is 1.48 bits per heavy atom. The molecule has 1 saturated heterocycles. The summed E-state index contributed by atoms with van der Waals surface area (Å²) in [4.78, 5) is 19.4. The molecule has 8 heteroatoms. The van der Waals surface area contributed by atoms with E-state index >= 15 is 0 Å². The van der Waals surface area contributed by atoms with Crippen molar-refractivity contribution in [3.8, 4) is 0 Å². The molecule has 0 radical (unpaired) electrons. The molecule has 3 heterocycles. The highest BCUT2D eigenvalue weighted by Crippen LogP contribution is 2.26. The van der Waals surface area contributed by atoms with Crippen LogP contribution in [0.3, 0.4) is 0 Å². The monoisotopic (exact) mass is 362 g/mol. The van der Waals surface area contributed by atoms with Crippen LogP contribution in [0.5, 0.6) is 0 Å². The van der Waals surface area contributed by atoms with Gasteiger partial charge in [-0.25, -0.2) is 13.4 Å². The molecule has 0 aliphatic carbocycles. The van der Waals surface area contributed by atoms with E-state index in [0.717, 1.165) is 11.4 Å². The molecule has 3 rings (SSSR count). The molecule has 1 fully saturated rings. The number of aromatic nitrogens is 3. The molecule has 0 bridgehead atoms. The minimum Gasteiger partial charge on any atom is -0.331 e. The number of hydrogen-bond acceptors (Lipinski definition) is 5. The Balaban J connectivity index is 2.09. The molecule has 1 atom stereocenters. The smallest absolute Gasteiger partial charge is 0.255 e. The van der Waals surface area contributed by atoms with Gasteiger partial charge in [-0.15, -0.1) is 6.58 Å². The summed E-state index contributed by atoms with van der Waals surface area (Å²) in [6.45, 7) is 7.69. The van der Waals surface area contributed by atoms with Crippen molar-refractivity contribution in [1.29, 1.82) is 0 Å². The third-order valence-corrected chi connectivity index (χ3v) is 6.31. The van der Waals surface area contributed by atoms with Gasteiger partial charge in [0.15, 0.2) is 15.5 Å². The van der Waals surface area contributed by atoms with Crippen LogP contribution in [0, 0.1) is 13.8 Å². The van der Waals surface area contributed by atoms with E-state index in [-0.39, 0.29) is 23.5 Å². The summed E-state index contributed by atoms with van der Waals surface area (Å²) in [5.74, 6) is -0.0743. The predicted octanol–water partition coefficient (Wildman–Crippen LogP) is 1.40. The summed E-state index contributed by atoms with van der Waals surface area (Å²) >= 11 is 0. The standard InChI is InChI=1S/C17H22N4O3S/c1-5-7-21(13-6-8-25(23,24)10-13)17(22)14-9-11(2)18-16-15(14)12(3)19-20(16)4/h5,9,13H,1,6-8,10H2,2-4H3. The molecule has 2 aromatic rings. The van der Waals surface area contributed by atoms with Crippen LogP contribution in [0.4, 0.5) is 0 Å². The van der Waals surface area contributed by atoms with Gasteiger partial charge < -0.3 is 4.90 Å². The molecule has 134 valence electrons. The fourth-order valence-corrected chi connectivity index (χ4v) is 5.18. The topological polar surface area (TPSA) is 85.2 Å². The molecule has 2 aromatic heterocycles. The molecule has 1 amide bonds. The van der Waals surface area contributed by atoms with E-state index in [1.54, 1.807) is 28.8 Å². The van der Waals surface area contributed by atoms with Crippen LogP contribution < -0.4 is 0 Å². The molecule has 0 spiro atoms. The number of sulfone groups is 1. The fourth-order valence-electron chi connectivity index (χ4n) is 3.45. The maximum atomic E-state index is 13.3. The van der Waals surface area contributed by atoms with Crippen LogP contribution in [0.1, 0.15) is 28.2 Å². The first-order chi connectivity index (χ1) is 11.7. The first kappa shape index (κ1) is 17.6. The highest BCUT2D eigenvalue weighted by Gasteiger charge is 2.35. The van der Waals surface area contributed by atoms with Crippen molar-refractivity contribution in [3.63, 3.8) is 0 Å². The third kappa shape index (κ3) is 3.18. The lowest BCUT2D eigenvalue weighted by Gasteiger charge is -2.27. The second kappa shape index (κ2) is 6.25. The Hall–Kier alpha value is -2.22. The molecule has 1 unspecified atom stereocenters. The van der Waals surface area contributed by atoms with E-state index in [1.807, 2.05) is 13.8 Å². The predicted molar refractivity (Wildman–Crippen MR) is 96.3 cm³/mol. The van der Waals surface area contributed by atoms with Gasteiger partial charge in [0.1, 0.15) is 0 Å². The Labute approximate surface area is 147 Å². The Bertz CT molecular complexity index is 962. The fraction of sp³-hybridized carbons (Fsp3) is 0.471. The molecule has 0 saturated carbocycles. The van der Waals surface area contributed by atoms with Crippen molar-refractivity contribution in [2.45, 2.75) is 26.3 Å². The lowest BCUT2D eigenvalue weighted by atomic mass is 10.1.